The summed E-state index contributed by atoms with van der Waals surface area (Å²) in [5, 5.41) is 25.8. The van der Waals surface area contributed by atoms with Crippen LogP contribution in [0.25, 0.3) is 0 Å². The lowest BCUT2D eigenvalue weighted by molar-refractivity contribution is -0.400. The Morgan fingerprint density at radius 3 is 1.29 bits per heavy atom. The van der Waals surface area contributed by atoms with Gasteiger partial charge >= 0.3 is 5.97 Å². The number of ether oxygens (including phenoxy) is 11. The summed E-state index contributed by atoms with van der Waals surface area (Å²) in [6.07, 6.45) is -13.8. The molecule has 16 heteroatoms. The lowest BCUT2D eigenvalue weighted by Gasteiger charge is -2.49. The molecule has 0 spiro atoms. The summed E-state index contributed by atoms with van der Waals surface area (Å²) in [4.78, 5) is 13.3. The number of aliphatic hydroxyl groups excluding tert-OH is 2. The largest absolute Gasteiger partial charge is 0.467 e. The number of carbonyl (C=O) groups is 1. The third-order valence-corrected chi connectivity index (χ3v) is 21.3. The van der Waals surface area contributed by atoms with Crippen LogP contribution < -0.4 is 10.4 Å². The number of rotatable bonds is 31. The van der Waals surface area contributed by atoms with Gasteiger partial charge in [-0.1, -0.05) is 263 Å². The van der Waals surface area contributed by atoms with E-state index in [4.69, 9.17) is 56.5 Å². The van der Waals surface area contributed by atoms with Gasteiger partial charge in [0.1, 0.15) is 62.2 Å². The number of methoxy groups -OCH3 is 1. The van der Waals surface area contributed by atoms with Crippen LogP contribution in [-0.2, 0) is 101 Å². The highest BCUT2D eigenvalue weighted by atomic mass is 28.4. The molecular weight excluding hydrogens is 1160 g/mol. The van der Waals surface area contributed by atoms with E-state index in [2.05, 4.69) is 45.0 Å². The standard InChI is InChI=1S/C74H82O15Si/c1-73(2,3)90(60-41-25-11-26-42-60,61-43-27-12-28-44-61)86-51-62-65(81-46-55-31-15-6-16-32-55)67(82-47-56-33-17-7-18-34-56)69(84-49-58-37-21-9-22-38-58)72(87-62)89-74(52-80-53-79-45-54-29-13-5-14-30-54)70(85-50-59-39-23-10-24-40-59)68(83-48-57-35-19-8-20-36-57)66(88-74)63(75)64(76)71(77)78-4/h5-44,62-70,72,75-76H,45-53H2,1-4H3/t62-,63-,64+,65-,66-,67+,68-,69-,70+,72-,74+/m1/s1. The Morgan fingerprint density at radius 1 is 0.489 bits per heavy atom. The van der Waals surface area contributed by atoms with Crippen molar-refractivity contribution in [3.8, 4) is 0 Å². The van der Waals surface area contributed by atoms with Gasteiger partial charge in [-0.05, 0) is 48.8 Å². The molecule has 472 valence electrons. The van der Waals surface area contributed by atoms with E-state index in [-0.39, 0.29) is 53.0 Å². The maximum Gasteiger partial charge on any atom is 0.337 e. The molecule has 10 rings (SSSR count). The molecule has 0 saturated carbocycles. The lowest BCUT2D eigenvalue weighted by Crippen LogP contribution is -2.69. The second-order valence-corrected chi connectivity index (χ2v) is 27.9. The molecule has 15 nitrogen and oxygen atoms in total. The van der Waals surface area contributed by atoms with Gasteiger partial charge in [-0.3, -0.25) is 0 Å². The quantitative estimate of drug-likeness (QED) is 0.0182. The molecule has 2 saturated heterocycles. The molecule has 2 N–H and O–H groups in total. The zero-order valence-electron chi connectivity index (χ0n) is 51.4. The van der Waals surface area contributed by atoms with Crippen LogP contribution in [0.3, 0.4) is 0 Å². The van der Waals surface area contributed by atoms with Crippen LogP contribution in [0.1, 0.15) is 54.2 Å². The molecule has 0 unspecified atom stereocenters. The molecule has 0 amide bonds. The molecular formula is C74H82O15Si. The van der Waals surface area contributed by atoms with Crippen molar-refractivity contribution in [1.82, 2.24) is 0 Å². The SMILES string of the molecule is COC(=O)[C@@H](O)[C@@H](O)[C@H]1O[C@@](COCOCc2ccccc2)(O[C@H]2O[C@H](CO[Si](c3ccccc3)(c3ccccc3)C(C)(C)C)[C@@H](OCc3ccccc3)[C@H](OCc3ccccc3)[C@H]2OCc2ccccc2)[C@@H](OCc2ccccc2)[C@@H]1OCc1ccccc1. The summed E-state index contributed by atoms with van der Waals surface area (Å²) in [5.41, 5.74) is 5.12. The van der Waals surface area contributed by atoms with Gasteiger partial charge in [0.05, 0.1) is 53.4 Å². The van der Waals surface area contributed by atoms with Gasteiger partial charge < -0.3 is 66.7 Å². The molecule has 0 aliphatic carbocycles. The Balaban J connectivity index is 1.14. The molecule has 2 fully saturated rings. The van der Waals surface area contributed by atoms with Gasteiger partial charge in [-0.2, -0.15) is 0 Å². The van der Waals surface area contributed by atoms with Crippen LogP contribution in [0.5, 0.6) is 0 Å². The average molecular weight is 1240 g/mol. The predicted octanol–water partition coefficient (Wildman–Crippen LogP) is 10.4. The van der Waals surface area contributed by atoms with Crippen LogP contribution in [0.4, 0.5) is 0 Å². The van der Waals surface area contributed by atoms with Crippen molar-refractivity contribution in [2.45, 2.75) is 132 Å². The van der Waals surface area contributed by atoms with Crippen molar-refractivity contribution in [2.24, 2.45) is 0 Å². The molecule has 2 heterocycles. The van der Waals surface area contributed by atoms with E-state index in [9.17, 15) is 15.0 Å². The summed E-state index contributed by atoms with van der Waals surface area (Å²) in [6.45, 7) is 6.40. The first-order chi connectivity index (χ1) is 43.9. The summed E-state index contributed by atoms with van der Waals surface area (Å²) in [7, 11) is -2.20. The second-order valence-electron chi connectivity index (χ2n) is 23.6. The number of hydrogen-bond acceptors (Lipinski definition) is 15. The minimum absolute atomic E-state index is 0.0189. The average Bonchev–Trinajstić information content (AvgIpc) is 1.31. The molecule has 90 heavy (non-hydrogen) atoms. The van der Waals surface area contributed by atoms with E-state index in [1.165, 1.54) is 0 Å². The third kappa shape index (κ3) is 16.7. The minimum atomic E-state index is -3.32. The number of esters is 1. The third-order valence-electron chi connectivity index (χ3n) is 16.3. The van der Waals surface area contributed by atoms with Crippen molar-refractivity contribution in [2.75, 3.05) is 27.1 Å². The van der Waals surface area contributed by atoms with Gasteiger partial charge in [0.25, 0.3) is 8.32 Å². The van der Waals surface area contributed by atoms with Crippen LogP contribution in [0.2, 0.25) is 5.04 Å². The molecule has 0 bridgehead atoms. The minimum Gasteiger partial charge on any atom is -0.467 e. The summed E-state index contributed by atoms with van der Waals surface area (Å²) < 4.78 is 83.8. The topological polar surface area (TPSA) is 168 Å². The van der Waals surface area contributed by atoms with E-state index in [1.807, 2.05) is 218 Å². The smallest absolute Gasteiger partial charge is 0.337 e. The monoisotopic (exact) mass is 1240 g/mol. The van der Waals surface area contributed by atoms with Crippen molar-refractivity contribution in [3.05, 3.63) is 276 Å². The van der Waals surface area contributed by atoms with Crippen LogP contribution in [-0.4, -0.2) is 119 Å². The zero-order valence-corrected chi connectivity index (χ0v) is 52.4. The highest BCUT2D eigenvalue weighted by Crippen LogP contribution is 2.44. The van der Waals surface area contributed by atoms with E-state index in [1.54, 1.807) is 0 Å². The van der Waals surface area contributed by atoms with Crippen molar-refractivity contribution in [1.29, 1.82) is 0 Å². The van der Waals surface area contributed by atoms with Crippen molar-refractivity contribution >= 4 is 24.7 Å². The van der Waals surface area contributed by atoms with Gasteiger partial charge in [0, 0.05) is 0 Å². The highest BCUT2D eigenvalue weighted by molar-refractivity contribution is 6.99. The molecule has 2 aliphatic heterocycles. The van der Waals surface area contributed by atoms with Crippen LogP contribution >= 0.6 is 0 Å². The van der Waals surface area contributed by atoms with Crippen molar-refractivity contribution < 1.29 is 71.5 Å². The van der Waals surface area contributed by atoms with Crippen LogP contribution in [0, 0.1) is 0 Å². The summed E-state index contributed by atoms with van der Waals surface area (Å²) in [6, 6.07) is 78.9. The van der Waals surface area contributed by atoms with Gasteiger partial charge in [0.2, 0.25) is 5.79 Å². The Bertz CT molecular complexity index is 3300. The van der Waals surface area contributed by atoms with E-state index in [0.717, 1.165) is 50.9 Å². The molecule has 8 aromatic rings. The van der Waals surface area contributed by atoms with E-state index >= 15 is 0 Å². The van der Waals surface area contributed by atoms with Crippen molar-refractivity contribution in [3.63, 3.8) is 0 Å². The first-order valence-corrected chi connectivity index (χ1v) is 32.5. The second kappa shape index (κ2) is 32.3. The van der Waals surface area contributed by atoms with Gasteiger partial charge in [-0.15, -0.1) is 0 Å². The van der Waals surface area contributed by atoms with E-state index in [0.29, 0.717) is 0 Å². The Morgan fingerprint density at radius 2 is 0.867 bits per heavy atom. The van der Waals surface area contributed by atoms with Gasteiger partial charge in [-0.25, -0.2) is 4.79 Å². The van der Waals surface area contributed by atoms with E-state index < -0.39 is 92.9 Å². The lowest BCUT2D eigenvalue weighted by atomic mass is 9.96. The highest BCUT2D eigenvalue weighted by Gasteiger charge is 2.64. The molecule has 0 aromatic heterocycles. The van der Waals surface area contributed by atoms with Gasteiger partial charge in [0.15, 0.2) is 12.4 Å². The number of carbonyl (C=O) groups excluding carboxylic acids is 1. The summed E-state index contributed by atoms with van der Waals surface area (Å²) >= 11 is 0. The maximum absolute atomic E-state index is 13.3. The first kappa shape index (κ1) is 65.9. The fourth-order valence-corrected chi connectivity index (χ4v) is 16.4. The predicted molar refractivity (Wildman–Crippen MR) is 342 cm³/mol. The normalized spacial score (nSPS) is 22.6. The maximum atomic E-state index is 13.3. The fraction of sp³-hybridized carbons (Fsp3) is 0.338. The number of benzene rings is 8. The Hall–Kier alpha value is -7.07. The molecule has 8 aromatic carbocycles. The Labute approximate surface area is 529 Å². The Kier molecular flexibility index (Phi) is 23.6. The fourth-order valence-electron chi connectivity index (χ4n) is 11.8. The molecule has 11 atom stereocenters. The molecule has 2 aliphatic rings. The zero-order chi connectivity index (χ0) is 62.6. The number of hydrogen-bond donors (Lipinski definition) is 2. The summed E-state index contributed by atoms with van der Waals surface area (Å²) in [5.74, 6) is -3.27. The first-order valence-electron chi connectivity index (χ1n) is 30.6. The number of aliphatic hydroxyl groups is 2. The molecule has 0 radical (unpaired) electrons. The van der Waals surface area contributed by atoms with Crippen LogP contribution in [0.15, 0.2) is 243 Å².